The van der Waals surface area contributed by atoms with Crippen molar-refractivity contribution in [2.45, 2.75) is 64.3 Å². The molecule has 2 N–H and O–H groups in total. The number of urea groups is 1. The molecular weight excluding hydrogens is 268 g/mol. The highest BCUT2D eigenvalue weighted by Gasteiger charge is 2.46. The SMILES string of the molecule is C[C@@H](NC(=O)N[C@@H]1CC(C)(C)OC1(C)C)c1cnn(C)c1. The fraction of sp³-hybridized carbons (Fsp3) is 0.733. The Morgan fingerprint density at radius 3 is 2.62 bits per heavy atom. The van der Waals surface area contributed by atoms with Crippen molar-refractivity contribution in [1.29, 1.82) is 0 Å². The van der Waals surface area contributed by atoms with Gasteiger partial charge in [-0.3, -0.25) is 4.68 Å². The first kappa shape index (κ1) is 15.8. The summed E-state index contributed by atoms with van der Waals surface area (Å²) in [5.74, 6) is 0. The van der Waals surface area contributed by atoms with Crippen LogP contribution in [0.4, 0.5) is 4.79 Å². The van der Waals surface area contributed by atoms with Gasteiger partial charge in [-0.1, -0.05) is 0 Å². The van der Waals surface area contributed by atoms with Crippen LogP contribution in [0.25, 0.3) is 0 Å². The minimum absolute atomic E-state index is 0.00593. The molecule has 1 fully saturated rings. The second kappa shape index (κ2) is 5.33. The lowest BCUT2D eigenvalue weighted by molar-refractivity contribution is -0.0690. The number of carbonyl (C=O) groups is 1. The van der Waals surface area contributed by atoms with Crippen molar-refractivity contribution in [2.24, 2.45) is 7.05 Å². The fourth-order valence-electron chi connectivity index (χ4n) is 2.93. The molecule has 0 bridgehead atoms. The number of hydrogen-bond acceptors (Lipinski definition) is 3. The van der Waals surface area contributed by atoms with Gasteiger partial charge in [0.15, 0.2) is 0 Å². The fourth-order valence-corrected chi connectivity index (χ4v) is 2.93. The summed E-state index contributed by atoms with van der Waals surface area (Å²) in [5.41, 5.74) is 0.407. The zero-order valence-corrected chi connectivity index (χ0v) is 13.7. The second-order valence-corrected chi connectivity index (χ2v) is 7.01. The summed E-state index contributed by atoms with van der Waals surface area (Å²) in [6.45, 7) is 10.1. The predicted molar refractivity (Wildman–Crippen MR) is 80.9 cm³/mol. The minimum atomic E-state index is -0.363. The number of aryl methyl sites for hydroxylation is 1. The molecule has 118 valence electrons. The summed E-state index contributed by atoms with van der Waals surface area (Å²) in [4.78, 5) is 12.2. The van der Waals surface area contributed by atoms with E-state index in [0.29, 0.717) is 0 Å². The molecule has 2 amide bonds. The van der Waals surface area contributed by atoms with Gasteiger partial charge >= 0.3 is 6.03 Å². The van der Waals surface area contributed by atoms with Crippen LogP contribution >= 0.6 is 0 Å². The quantitative estimate of drug-likeness (QED) is 0.897. The van der Waals surface area contributed by atoms with Gasteiger partial charge in [-0.2, -0.15) is 5.10 Å². The van der Waals surface area contributed by atoms with Gasteiger partial charge in [0, 0.05) is 18.8 Å². The molecule has 1 saturated heterocycles. The number of carbonyl (C=O) groups excluding carboxylic acids is 1. The Morgan fingerprint density at radius 2 is 2.14 bits per heavy atom. The molecule has 0 aromatic carbocycles. The third kappa shape index (κ3) is 3.75. The average Bonchev–Trinajstić information content (AvgIpc) is 2.80. The number of nitrogens with one attached hydrogen (secondary N) is 2. The van der Waals surface area contributed by atoms with E-state index in [2.05, 4.69) is 15.7 Å². The Kier molecular flexibility index (Phi) is 4.02. The van der Waals surface area contributed by atoms with E-state index in [4.69, 9.17) is 4.74 Å². The molecule has 1 aliphatic heterocycles. The van der Waals surface area contributed by atoms with Crippen LogP contribution in [-0.2, 0) is 11.8 Å². The van der Waals surface area contributed by atoms with Gasteiger partial charge < -0.3 is 15.4 Å². The highest BCUT2D eigenvalue weighted by atomic mass is 16.5. The maximum atomic E-state index is 12.2. The smallest absolute Gasteiger partial charge is 0.315 e. The van der Waals surface area contributed by atoms with Crippen molar-refractivity contribution in [3.8, 4) is 0 Å². The highest BCUT2D eigenvalue weighted by Crippen LogP contribution is 2.37. The van der Waals surface area contributed by atoms with E-state index in [9.17, 15) is 4.79 Å². The maximum Gasteiger partial charge on any atom is 0.315 e. The van der Waals surface area contributed by atoms with Gasteiger partial charge in [-0.15, -0.1) is 0 Å². The van der Waals surface area contributed by atoms with Crippen LogP contribution in [0.5, 0.6) is 0 Å². The Morgan fingerprint density at radius 1 is 1.48 bits per heavy atom. The molecule has 0 radical (unpaired) electrons. The Labute approximate surface area is 126 Å². The summed E-state index contributed by atoms with van der Waals surface area (Å²) < 4.78 is 7.71. The largest absolute Gasteiger partial charge is 0.367 e. The number of rotatable bonds is 3. The average molecular weight is 294 g/mol. The molecule has 0 saturated carbocycles. The zero-order valence-electron chi connectivity index (χ0n) is 13.7. The second-order valence-electron chi connectivity index (χ2n) is 7.01. The monoisotopic (exact) mass is 294 g/mol. The molecule has 0 aliphatic carbocycles. The molecule has 6 nitrogen and oxygen atoms in total. The molecule has 6 heteroatoms. The van der Waals surface area contributed by atoms with Crippen LogP contribution in [0.15, 0.2) is 12.4 Å². The predicted octanol–water partition coefficient (Wildman–Crippen LogP) is 2.13. The van der Waals surface area contributed by atoms with Crippen molar-refractivity contribution < 1.29 is 9.53 Å². The van der Waals surface area contributed by atoms with Crippen LogP contribution in [0.1, 0.15) is 52.6 Å². The van der Waals surface area contributed by atoms with Gasteiger partial charge in [0.2, 0.25) is 0 Å². The van der Waals surface area contributed by atoms with Crippen LogP contribution in [0, 0.1) is 0 Å². The van der Waals surface area contributed by atoms with Crippen molar-refractivity contribution >= 4 is 6.03 Å². The van der Waals surface area contributed by atoms with Gasteiger partial charge in [0.05, 0.1) is 29.5 Å². The van der Waals surface area contributed by atoms with E-state index in [1.54, 1.807) is 10.9 Å². The summed E-state index contributed by atoms with van der Waals surface area (Å²) in [6, 6.07) is -0.267. The van der Waals surface area contributed by atoms with Crippen molar-refractivity contribution in [3.05, 3.63) is 18.0 Å². The number of amides is 2. The number of aromatic nitrogens is 2. The van der Waals surface area contributed by atoms with Crippen molar-refractivity contribution in [2.75, 3.05) is 0 Å². The van der Waals surface area contributed by atoms with Crippen LogP contribution in [-0.4, -0.2) is 33.1 Å². The topological polar surface area (TPSA) is 68.2 Å². The van der Waals surface area contributed by atoms with E-state index in [-0.39, 0.29) is 29.3 Å². The molecule has 1 aromatic heterocycles. The van der Waals surface area contributed by atoms with E-state index < -0.39 is 0 Å². The first-order valence-electron chi connectivity index (χ1n) is 7.35. The summed E-state index contributed by atoms with van der Waals surface area (Å²) in [5, 5.41) is 10.1. The summed E-state index contributed by atoms with van der Waals surface area (Å²) in [7, 11) is 1.86. The molecule has 1 aliphatic rings. The van der Waals surface area contributed by atoms with E-state index in [0.717, 1.165) is 12.0 Å². The summed E-state index contributed by atoms with van der Waals surface area (Å²) >= 11 is 0. The lowest BCUT2D eigenvalue weighted by Gasteiger charge is -2.28. The Bertz CT molecular complexity index is 521. The van der Waals surface area contributed by atoms with Crippen molar-refractivity contribution in [1.82, 2.24) is 20.4 Å². The Balaban J connectivity index is 1.93. The number of nitrogens with zero attached hydrogens (tertiary/aromatic N) is 2. The lowest BCUT2D eigenvalue weighted by Crippen LogP contribution is -2.50. The maximum absolute atomic E-state index is 12.2. The molecule has 2 atom stereocenters. The molecule has 2 rings (SSSR count). The van der Waals surface area contributed by atoms with E-state index >= 15 is 0 Å². The number of hydrogen-bond donors (Lipinski definition) is 2. The molecule has 0 spiro atoms. The van der Waals surface area contributed by atoms with Crippen LogP contribution in [0.3, 0.4) is 0 Å². The molecule has 21 heavy (non-hydrogen) atoms. The van der Waals surface area contributed by atoms with Crippen LogP contribution < -0.4 is 10.6 Å². The third-order valence-electron chi connectivity index (χ3n) is 3.95. The molecular formula is C15H26N4O2. The van der Waals surface area contributed by atoms with Gasteiger partial charge in [0.25, 0.3) is 0 Å². The molecule has 1 aromatic rings. The molecule has 2 heterocycles. The first-order valence-corrected chi connectivity index (χ1v) is 7.35. The van der Waals surface area contributed by atoms with Gasteiger partial charge in [-0.05, 0) is 41.0 Å². The highest BCUT2D eigenvalue weighted by molar-refractivity contribution is 5.75. The molecule has 0 unspecified atom stereocenters. The van der Waals surface area contributed by atoms with Gasteiger partial charge in [0.1, 0.15) is 0 Å². The summed E-state index contributed by atoms with van der Waals surface area (Å²) in [6.07, 6.45) is 4.46. The van der Waals surface area contributed by atoms with Gasteiger partial charge in [-0.25, -0.2) is 4.79 Å². The third-order valence-corrected chi connectivity index (χ3v) is 3.95. The number of ether oxygens (including phenoxy) is 1. The first-order chi connectivity index (χ1) is 9.59. The van der Waals surface area contributed by atoms with E-state index in [1.165, 1.54) is 0 Å². The van der Waals surface area contributed by atoms with Crippen molar-refractivity contribution in [3.63, 3.8) is 0 Å². The Hall–Kier alpha value is -1.56. The van der Waals surface area contributed by atoms with Crippen LogP contribution in [0.2, 0.25) is 0 Å². The standard InChI is InChI=1S/C15H26N4O2/c1-10(11-8-16-19(6)9-11)17-13(20)18-12-7-14(2,3)21-15(12,4)5/h8-10,12H,7H2,1-6H3,(H2,17,18,20)/t10-,12-/m1/s1. The zero-order chi connectivity index (χ0) is 15.8. The minimum Gasteiger partial charge on any atom is -0.367 e. The normalized spacial score (nSPS) is 24.6. The van der Waals surface area contributed by atoms with E-state index in [1.807, 2.05) is 47.9 Å². The lowest BCUT2D eigenvalue weighted by atomic mass is 9.94.